The van der Waals surface area contributed by atoms with Crippen LogP contribution < -0.4 is 0 Å². The lowest BCUT2D eigenvalue weighted by molar-refractivity contribution is 0.132. The summed E-state index contributed by atoms with van der Waals surface area (Å²) in [6.45, 7) is 2.00. The van der Waals surface area contributed by atoms with Gasteiger partial charge in [-0.15, -0.1) is 0 Å². The molecule has 2 unspecified atom stereocenters. The normalized spacial score (nSPS) is 13.9. The highest BCUT2D eigenvalue weighted by Crippen LogP contribution is 2.25. The van der Waals surface area contributed by atoms with Gasteiger partial charge in [0.25, 0.3) is 5.66 Å². The van der Waals surface area contributed by atoms with Gasteiger partial charge in [0.1, 0.15) is 0 Å². The lowest BCUT2D eigenvalue weighted by Crippen LogP contribution is -2.16. The Morgan fingerprint density at radius 3 is 2.27 bits per heavy atom. The van der Waals surface area contributed by atoms with Crippen LogP contribution >= 0.6 is 9.24 Å². The van der Waals surface area contributed by atoms with E-state index in [1.54, 1.807) is 12.1 Å². The topological polar surface area (TPSA) is 17.1 Å². The number of aryl methyl sites for hydroxylation is 1. The van der Waals surface area contributed by atoms with Gasteiger partial charge < -0.3 is 0 Å². The van der Waals surface area contributed by atoms with Crippen molar-refractivity contribution in [2.75, 3.05) is 5.75 Å². The van der Waals surface area contributed by atoms with Crippen LogP contribution in [-0.4, -0.2) is 15.6 Å². The van der Waals surface area contributed by atoms with Crippen molar-refractivity contribution < 1.29 is 13.0 Å². The minimum atomic E-state index is -2.96. The highest BCUT2D eigenvalue weighted by Gasteiger charge is 2.25. The van der Waals surface area contributed by atoms with Gasteiger partial charge in [-0.05, 0) is 24.1 Å². The summed E-state index contributed by atoms with van der Waals surface area (Å²) >= 11 is 0. The van der Waals surface area contributed by atoms with E-state index in [0.717, 1.165) is 12.0 Å². The largest absolute Gasteiger partial charge is 0.270 e. The van der Waals surface area contributed by atoms with E-state index in [9.17, 15) is 13.0 Å². The van der Waals surface area contributed by atoms with E-state index in [4.69, 9.17) is 0 Å². The Morgan fingerprint density at radius 1 is 1.33 bits per heavy atom. The first-order chi connectivity index (χ1) is 6.92. The molecule has 0 N–H and O–H groups in total. The molecular weight excluding hydrogens is 237 g/mol. The average Bonchev–Trinajstić information content (AvgIpc) is 2.15. The molecule has 0 aliphatic heterocycles. The molecule has 1 aromatic rings. The second-order valence-electron chi connectivity index (χ2n) is 3.25. The van der Waals surface area contributed by atoms with Crippen molar-refractivity contribution >= 4 is 20.0 Å². The van der Waals surface area contributed by atoms with Crippen LogP contribution in [-0.2, 0) is 17.2 Å². The average molecular weight is 250 g/mol. The minimum absolute atomic E-state index is 0.453. The van der Waals surface area contributed by atoms with Crippen LogP contribution in [0.1, 0.15) is 12.5 Å². The van der Waals surface area contributed by atoms with Crippen LogP contribution in [0.15, 0.2) is 29.2 Å². The molecule has 0 aromatic heterocycles. The Balaban J connectivity index is 2.75. The maximum absolute atomic E-state index is 12.6. The second-order valence-corrected chi connectivity index (χ2v) is 5.54. The van der Waals surface area contributed by atoms with Crippen LogP contribution in [0, 0.1) is 0 Å². The van der Waals surface area contributed by atoms with Crippen LogP contribution in [0.25, 0.3) is 0 Å². The Morgan fingerprint density at radius 2 is 1.87 bits per heavy atom. The molecule has 0 heterocycles. The molecule has 0 spiro atoms. The second kappa shape index (κ2) is 5.13. The third-order valence-electron chi connectivity index (χ3n) is 1.92. The van der Waals surface area contributed by atoms with E-state index >= 15 is 0 Å². The predicted molar refractivity (Wildman–Crippen MR) is 61.8 cm³/mol. The molecule has 0 amide bonds. The Labute approximate surface area is 92.9 Å². The predicted octanol–water partition coefficient (Wildman–Crippen LogP) is 2.82. The highest BCUT2D eigenvalue weighted by atomic mass is 32.2. The van der Waals surface area contributed by atoms with E-state index < -0.39 is 22.2 Å². The summed E-state index contributed by atoms with van der Waals surface area (Å²) in [5.41, 5.74) is -1.86. The quantitative estimate of drug-likeness (QED) is 0.751. The first kappa shape index (κ1) is 12.7. The lowest BCUT2D eigenvalue weighted by Gasteiger charge is -2.09. The zero-order chi connectivity index (χ0) is 11.5. The lowest BCUT2D eigenvalue weighted by atomic mass is 10.2. The van der Waals surface area contributed by atoms with Crippen molar-refractivity contribution in [3.05, 3.63) is 29.8 Å². The molecule has 0 aliphatic carbocycles. The molecular formula is C10H13F2OPS. The fraction of sp³-hybridized carbons (Fsp3) is 0.400. The molecule has 0 saturated heterocycles. The molecule has 0 saturated carbocycles. The molecule has 84 valence electrons. The van der Waals surface area contributed by atoms with Gasteiger partial charge >= 0.3 is 0 Å². The standard InChI is InChI=1S/C10H13F2OPS/c1-2-8-3-5-9(6-4-8)15(13)7-10(11,12)14/h3-6H,2,7,14H2,1H3. The van der Waals surface area contributed by atoms with Crippen molar-refractivity contribution in [1.29, 1.82) is 0 Å². The summed E-state index contributed by atoms with van der Waals surface area (Å²) in [4.78, 5) is 0.453. The van der Waals surface area contributed by atoms with Crippen molar-refractivity contribution in [2.24, 2.45) is 0 Å². The van der Waals surface area contributed by atoms with Crippen LogP contribution in [0.2, 0.25) is 0 Å². The SMILES string of the molecule is CCc1ccc(S(=O)CC(F)(F)P)cc1. The molecule has 0 fully saturated rings. The van der Waals surface area contributed by atoms with Gasteiger partial charge in [-0.1, -0.05) is 28.3 Å². The maximum atomic E-state index is 12.6. The summed E-state index contributed by atoms with van der Waals surface area (Å²) in [6.07, 6.45) is 0.882. The number of alkyl halides is 2. The molecule has 0 bridgehead atoms. The van der Waals surface area contributed by atoms with Crippen LogP contribution in [0.3, 0.4) is 0 Å². The van der Waals surface area contributed by atoms with Crippen molar-refractivity contribution in [1.82, 2.24) is 0 Å². The van der Waals surface area contributed by atoms with E-state index in [1.807, 2.05) is 19.1 Å². The van der Waals surface area contributed by atoms with Gasteiger partial charge in [-0.25, -0.2) is 8.78 Å². The first-order valence-electron chi connectivity index (χ1n) is 4.56. The van der Waals surface area contributed by atoms with Crippen LogP contribution in [0.5, 0.6) is 0 Å². The smallest absolute Gasteiger partial charge is 0.254 e. The summed E-state index contributed by atoms with van der Waals surface area (Å²) < 4.78 is 36.6. The van der Waals surface area contributed by atoms with E-state index in [1.165, 1.54) is 9.24 Å². The molecule has 1 nitrogen and oxygen atoms in total. The number of rotatable bonds is 4. The number of hydrogen-bond donors (Lipinski definition) is 0. The fourth-order valence-corrected chi connectivity index (χ4v) is 2.55. The van der Waals surface area contributed by atoms with Gasteiger partial charge in [0.2, 0.25) is 0 Å². The van der Waals surface area contributed by atoms with Gasteiger partial charge in [0.15, 0.2) is 0 Å². The number of benzene rings is 1. The molecule has 1 rings (SSSR count). The zero-order valence-corrected chi connectivity index (χ0v) is 10.3. The summed E-state index contributed by atoms with van der Waals surface area (Å²) in [5, 5.41) is 0. The highest BCUT2D eigenvalue weighted by molar-refractivity contribution is 7.85. The van der Waals surface area contributed by atoms with Crippen molar-refractivity contribution in [2.45, 2.75) is 23.9 Å². The van der Waals surface area contributed by atoms with Gasteiger partial charge in [0.05, 0.1) is 16.6 Å². The Hall–Kier alpha value is -0.340. The number of hydrogen-bond acceptors (Lipinski definition) is 1. The van der Waals surface area contributed by atoms with Crippen LogP contribution in [0.4, 0.5) is 8.78 Å². The molecule has 5 heteroatoms. The molecule has 15 heavy (non-hydrogen) atoms. The van der Waals surface area contributed by atoms with Crippen molar-refractivity contribution in [3.63, 3.8) is 0 Å². The molecule has 0 aliphatic rings. The van der Waals surface area contributed by atoms with Gasteiger partial charge in [-0.2, -0.15) is 0 Å². The fourth-order valence-electron chi connectivity index (χ4n) is 1.14. The molecule has 1 aromatic carbocycles. The van der Waals surface area contributed by atoms with Gasteiger partial charge in [0, 0.05) is 4.90 Å². The van der Waals surface area contributed by atoms with Crippen molar-refractivity contribution in [3.8, 4) is 0 Å². The Bertz CT molecular complexity index is 345. The summed E-state index contributed by atoms with van der Waals surface area (Å²) in [7, 11) is -0.231. The van der Waals surface area contributed by atoms with E-state index in [0.29, 0.717) is 4.90 Å². The third-order valence-corrected chi connectivity index (χ3v) is 3.86. The summed E-state index contributed by atoms with van der Waals surface area (Å²) in [5.74, 6) is -0.650. The molecule has 2 atom stereocenters. The van der Waals surface area contributed by atoms with Gasteiger partial charge in [-0.3, -0.25) is 4.21 Å². The zero-order valence-electron chi connectivity index (χ0n) is 8.37. The monoisotopic (exact) mass is 250 g/mol. The third kappa shape index (κ3) is 4.35. The summed E-state index contributed by atoms with van der Waals surface area (Å²) in [6, 6.07) is 6.92. The minimum Gasteiger partial charge on any atom is -0.254 e. The number of halogens is 2. The van der Waals surface area contributed by atoms with E-state index in [2.05, 4.69) is 0 Å². The first-order valence-corrected chi connectivity index (χ1v) is 6.46. The van der Waals surface area contributed by atoms with E-state index in [-0.39, 0.29) is 0 Å². The molecule has 0 radical (unpaired) electrons. The Kier molecular flexibility index (Phi) is 4.35. The maximum Gasteiger partial charge on any atom is 0.270 e.